The summed E-state index contributed by atoms with van der Waals surface area (Å²) < 4.78 is 27.7. The van der Waals surface area contributed by atoms with Crippen molar-refractivity contribution in [1.29, 1.82) is 0 Å². The Balaban J connectivity index is 2.27. The normalized spacial score (nSPS) is 11.5. The molecule has 0 saturated carbocycles. The number of pyridine rings is 1. The van der Waals surface area contributed by atoms with Gasteiger partial charge in [0.2, 0.25) is 10.0 Å². The van der Waals surface area contributed by atoms with E-state index in [2.05, 4.69) is 31.0 Å². The SMILES string of the molecule is CC(C)CNS(=O)(=O)c1ccc(Br)c(C(=O)Nc2ccncc2)c1. The molecule has 1 aromatic carbocycles. The lowest BCUT2D eigenvalue weighted by atomic mass is 10.2. The van der Waals surface area contributed by atoms with E-state index in [0.717, 1.165) is 0 Å². The van der Waals surface area contributed by atoms with Gasteiger partial charge in [-0.25, -0.2) is 13.1 Å². The topological polar surface area (TPSA) is 88.2 Å². The number of anilines is 1. The number of aromatic nitrogens is 1. The van der Waals surface area contributed by atoms with E-state index in [1.807, 2.05) is 13.8 Å². The van der Waals surface area contributed by atoms with Gasteiger partial charge >= 0.3 is 0 Å². The van der Waals surface area contributed by atoms with Crippen LogP contribution < -0.4 is 10.0 Å². The summed E-state index contributed by atoms with van der Waals surface area (Å²) in [6, 6.07) is 7.65. The molecule has 2 rings (SSSR count). The van der Waals surface area contributed by atoms with E-state index in [1.54, 1.807) is 30.6 Å². The molecule has 0 aliphatic rings. The molecule has 0 saturated heterocycles. The smallest absolute Gasteiger partial charge is 0.256 e. The number of sulfonamides is 1. The average Bonchev–Trinajstić information content (AvgIpc) is 2.54. The van der Waals surface area contributed by atoms with Crippen LogP contribution in [0.15, 0.2) is 52.1 Å². The van der Waals surface area contributed by atoms with Crippen LogP contribution in [0.3, 0.4) is 0 Å². The van der Waals surface area contributed by atoms with E-state index in [1.165, 1.54) is 12.1 Å². The molecule has 0 spiro atoms. The molecule has 2 aromatic rings. The first-order valence-corrected chi connectivity index (χ1v) is 9.58. The third-order valence-electron chi connectivity index (χ3n) is 3.11. The maximum Gasteiger partial charge on any atom is 0.256 e. The third kappa shape index (κ3) is 4.86. The van der Waals surface area contributed by atoms with Crippen molar-refractivity contribution < 1.29 is 13.2 Å². The molecule has 0 radical (unpaired) electrons. The van der Waals surface area contributed by atoms with Crippen molar-refractivity contribution in [1.82, 2.24) is 9.71 Å². The molecule has 1 aromatic heterocycles. The van der Waals surface area contributed by atoms with E-state index < -0.39 is 15.9 Å². The maximum absolute atomic E-state index is 12.4. The Morgan fingerprint density at radius 1 is 1.21 bits per heavy atom. The molecule has 24 heavy (non-hydrogen) atoms. The molecular weight excluding hydrogens is 394 g/mol. The van der Waals surface area contributed by atoms with Gasteiger partial charge in [0.25, 0.3) is 5.91 Å². The van der Waals surface area contributed by atoms with E-state index in [0.29, 0.717) is 16.7 Å². The predicted molar refractivity (Wildman–Crippen MR) is 96.4 cm³/mol. The fourth-order valence-electron chi connectivity index (χ4n) is 1.84. The van der Waals surface area contributed by atoms with Crippen molar-refractivity contribution in [3.8, 4) is 0 Å². The monoisotopic (exact) mass is 411 g/mol. The zero-order valence-corrected chi connectivity index (χ0v) is 15.7. The summed E-state index contributed by atoms with van der Waals surface area (Å²) in [6.07, 6.45) is 3.11. The molecule has 0 fully saturated rings. The second-order valence-electron chi connectivity index (χ2n) is 5.58. The van der Waals surface area contributed by atoms with Crippen LogP contribution in [0.4, 0.5) is 5.69 Å². The molecule has 0 aliphatic heterocycles. The second-order valence-corrected chi connectivity index (χ2v) is 8.20. The van der Waals surface area contributed by atoms with Crippen LogP contribution in [-0.4, -0.2) is 25.9 Å². The van der Waals surface area contributed by atoms with Gasteiger partial charge in [0, 0.05) is 29.1 Å². The molecule has 1 amide bonds. The van der Waals surface area contributed by atoms with Crippen molar-refractivity contribution >= 4 is 37.5 Å². The number of benzene rings is 1. The van der Waals surface area contributed by atoms with Crippen LogP contribution in [0.2, 0.25) is 0 Å². The van der Waals surface area contributed by atoms with Gasteiger partial charge in [0.1, 0.15) is 0 Å². The minimum atomic E-state index is -3.66. The Kier molecular flexibility index (Phi) is 6.09. The number of nitrogens with one attached hydrogen (secondary N) is 2. The van der Waals surface area contributed by atoms with Crippen LogP contribution in [0, 0.1) is 5.92 Å². The average molecular weight is 412 g/mol. The first-order valence-electron chi connectivity index (χ1n) is 7.30. The Morgan fingerprint density at radius 3 is 2.50 bits per heavy atom. The van der Waals surface area contributed by atoms with Gasteiger partial charge in [-0.3, -0.25) is 9.78 Å². The molecule has 8 heteroatoms. The van der Waals surface area contributed by atoms with Gasteiger partial charge < -0.3 is 5.32 Å². The van der Waals surface area contributed by atoms with Crippen molar-refractivity contribution in [2.75, 3.05) is 11.9 Å². The van der Waals surface area contributed by atoms with E-state index in [4.69, 9.17) is 0 Å². The van der Waals surface area contributed by atoms with Crippen LogP contribution >= 0.6 is 15.9 Å². The zero-order valence-electron chi connectivity index (χ0n) is 13.3. The highest BCUT2D eigenvalue weighted by Crippen LogP contribution is 2.22. The summed E-state index contributed by atoms with van der Waals surface area (Å²) in [5, 5.41) is 2.70. The molecule has 0 unspecified atom stereocenters. The van der Waals surface area contributed by atoms with Crippen LogP contribution in [0.1, 0.15) is 24.2 Å². The second kappa shape index (κ2) is 7.87. The largest absolute Gasteiger partial charge is 0.322 e. The van der Waals surface area contributed by atoms with E-state index >= 15 is 0 Å². The molecule has 0 bridgehead atoms. The number of hydrogen-bond acceptors (Lipinski definition) is 4. The molecule has 2 N–H and O–H groups in total. The summed E-state index contributed by atoms with van der Waals surface area (Å²) in [4.78, 5) is 16.3. The Hall–Kier alpha value is -1.77. The number of hydrogen-bond donors (Lipinski definition) is 2. The van der Waals surface area contributed by atoms with Crippen molar-refractivity contribution in [2.24, 2.45) is 5.92 Å². The van der Waals surface area contributed by atoms with E-state index in [9.17, 15) is 13.2 Å². The van der Waals surface area contributed by atoms with Crippen molar-refractivity contribution in [2.45, 2.75) is 18.7 Å². The Bertz CT molecular complexity index is 824. The van der Waals surface area contributed by atoms with Gasteiger partial charge in [-0.05, 0) is 52.2 Å². The van der Waals surface area contributed by atoms with E-state index in [-0.39, 0.29) is 16.4 Å². The third-order valence-corrected chi connectivity index (χ3v) is 5.23. The number of nitrogens with zero attached hydrogens (tertiary/aromatic N) is 1. The van der Waals surface area contributed by atoms with Gasteiger partial charge in [-0.2, -0.15) is 0 Å². The van der Waals surface area contributed by atoms with Crippen molar-refractivity contribution in [3.05, 3.63) is 52.8 Å². The fraction of sp³-hybridized carbons (Fsp3) is 0.250. The van der Waals surface area contributed by atoms with Gasteiger partial charge in [-0.1, -0.05) is 13.8 Å². The summed E-state index contributed by atoms with van der Waals surface area (Å²) in [7, 11) is -3.66. The highest BCUT2D eigenvalue weighted by Gasteiger charge is 2.18. The van der Waals surface area contributed by atoms with Crippen LogP contribution in [-0.2, 0) is 10.0 Å². The summed E-state index contributed by atoms with van der Waals surface area (Å²) in [5.41, 5.74) is 0.812. The quantitative estimate of drug-likeness (QED) is 0.764. The fourth-order valence-corrected chi connectivity index (χ4v) is 3.51. The number of halogens is 1. The first kappa shape index (κ1) is 18.6. The minimum absolute atomic E-state index is 0.0474. The molecule has 0 atom stereocenters. The molecule has 128 valence electrons. The summed E-state index contributed by atoms with van der Waals surface area (Å²) >= 11 is 3.28. The highest BCUT2D eigenvalue weighted by molar-refractivity contribution is 9.10. The van der Waals surface area contributed by atoms with Crippen molar-refractivity contribution in [3.63, 3.8) is 0 Å². The summed E-state index contributed by atoms with van der Waals surface area (Å²) in [5.74, 6) is -0.223. The Labute approximate surface area is 149 Å². The molecule has 1 heterocycles. The number of carbonyl (C=O) groups excluding carboxylic acids is 1. The number of rotatable bonds is 6. The predicted octanol–water partition coefficient (Wildman–Crippen LogP) is 3.03. The minimum Gasteiger partial charge on any atom is -0.322 e. The van der Waals surface area contributed by atoms with Gasteiger partial charge in [0.05, 0.1) is 10.5 Å². The molecular formula is C16H18BrN3O3S. The molecule has 0 aliphatic carbocycles. The number of carbonyl (C=O) groups is 1. The lowest BCUT2D eigenvalue weighted by Crippen LogP contribution is -2.27. The lowest BCUT2D eigenvalue weighted by molar-refractivity contribution is 0.102. The standard InChI is InChI=1S/C16H18BrN3O3S/c1-11(2)10-19-24(22,23)13-3-4-15(17)14(9-13)16(21)20-12-5-7-18-8-6-12/h3-9,11,19H,10H2,1-2H3,(H,18,20,21). The lowest BCUT2D eigenvalue weighted by Gasteiger charge is -2.11. The number of amides is 1. The van der Waals surface area contributed by atoms with Gasteiger partial charge in [0.15, 0.2) is 0 Å². The zero-order chi connectivity index (χ0) is 17.7. The first-order chi connectivity index (χ1) is 11.3. The Morgan fingerprint density at radius 2 is 1.88 bits per heavy atom. The summed E-state index contributed by atoms with van der Waals surface area (Å²) in [6.45, 7) is 4.16. The highest BCUT2D eigenvalue weighted by atomic mass is 79.9. The maximum atomic E-state index is 12.4. The molecule has 6 nitrogen and oxygen atoms in total. The van der Waals surface area contributed by atoms with Crippen LogP contribution in [0.5, 0.6) is 0 Å². The van der Waals surface area contributed by atoms with Gasteiger partial charge in [-0.15, -0.1) is 0 Å². The van der Waals surface area contributed by atoms with Crippen LogP contribution in [0.25, 0.3) is 0 Å².